The summed E-state index contributed by atoms with van der Waals surface area (Å²) >= 11 is 5.77. The number of nitrogens with one attached hydrogen (secondary N) is 1. The van der Waals surface area contributed by atoms with Gasteiger partial charge in [0.25, 0.3) is 5.91 Å². The number of aryl methyl sites for hydroxylation is 2. The zero-order valence-electron chi connectivity index (χ0n) is 12.0. The lowest BCUT2D eigenvalue weighted by molar-refractivity contribution is 0.100. The molecule has 2 aromatic heterocycles. The standard InChI is InChI=1S/C14H15ClN6O/c1-7-17-6-9-10(18-7)3-2-4-11(9)19-14-8(13(16)22)5-12(15)20-21-14/h5-6,11H,2-4H2,1H3,(H2,16,22)(H,19,21)/t11-/m0/s1. The number of anilines is 1. The Balaban J connectivity index is 1.94. The Morgan fingerprint density at radius 1 is 1.45 bits per heavy atom. The van der Waals surface area contributed by atoms with E-state index in [1.54, 1.807) is 0 Å². The minimum absolute atomic E-state index is 0.0297. The second-order valence-electron chi connectivity index (χ2n) is 5.20. The summed E-state index contributed by atoms with van der Waals surface area (Å²) in [6.07, 6.45) is 4.63. The Labute approximate surface area is 132 Å². The van der Waals surface area contributed by atoms with Crippen LogP contribution in [0.25, 0.3) is 0 Å². The summed E-state index contributed by atoms with van der Waals surface area (Å²) in [6.45, 7) is 1.87. The van der Waals surface area contributed by atoms with E-state index in [0.29, 0.717) is 5.82 Å². The van der Waals surface area contributed by atoms with Gasteiger partial charge < -0.3 is 11.1 Å². The molecule has 1 aliphatic carbocycles. The Bertz CT molecular complexity index is 735. The number of halogens is 1. The molecule has 1 atom stereocenters. The molecule has 0 saturated carbocycles. The lowest BCUT2D eigenvalue weighted by Crippen LogP contribution is -2.23. The van der Waals surface area contributed by atoms with Gasteiger partial charge in [-0.05, 0) is 32.3 Å². The van der Waals surface area contributed by atoms with Crippen molar-refractivity contribution in [2.45, 2.75) is 32.2 Å². The van der Waals surface area contributed by atoms with Crippen molar-refractivity contribution in [1.29, 1.82) is 0 Å². The molecule has 3 rings (SSSR count). The van der Waals surface area contributed by atoms with E-state index in [1.807, 2.05) is 13.1 Å². The first-order valence-corrected chi connectivity index (χ1v) is 7.34. The SMILES string of the molecule is Cc1ncc2c(n1)CCC[C@@H]2Nc1nnc(Cl)cc1C(N)=O. The van der Waals surface area contributed by atoms with Crippen LogP contribution < -0.4 is 11.1 Å². The van der Waals surface area contributed by atoms with Crippen LogP contribution in [0.15, 0.2) is 12.3 Å². The molecule has 0 radical (unpaired) electrons. The van der Waals surface area contributed by atoms with Gasteiger partial charge in [-0.15, -0.1) is 10.2 Å². The van der Waals surface area contributed by atoms with Crippen molar-refractivity contribution >= 4 is 23.3 Å². The molecule has 8 heteroatoms. The fraction of sp³-hybridized carbons (Fsp3) is 0.357. The van der Waals surface area contributed by atoms with Gasteiger partial charge in [-0.3, -0.25) is 4.79 Å². The number of fused-ring (bicyclic) bond motifs is 1. The third-order valence-electron chi connectivity index (χ3n) is 3.64. The summed E-state index contributed by atoms with van der Waals surface area (Å²) in [5, 5.41) is 11.1. The van der Waals surface area contributed by atoms with E-state index in [4.69, 9.17) is 17.3 Å². The fourth-order valence-electron chi connectivity index (χ4n) is 2.62. The Hall–Kier alpha value is -2.28. The zero-order valence-corrected chi connectivity index (χ0v) is 12.8. The first-order valence-electron chi connectivity index (χ1n) is 6.96. The van der Waals surface area contributed by atoms with Gasteiger partial charge in [0.05, 0.1) is 11.6 Å². The quantitative estimate of drug-likeness (QED) is 0.894. The maximum Gasteiger partial charge on any atom is 0.252 e. The van der Waals surface area contributed by atoms with E-state index in [9.17, 15) is 4.79 Å². The average molecular weight is 319 g/mol. The molecule has 0 fully saturated rings. The molecule has 0 aliphatic heterocycles. The van der Waals surface area contributed by atoms with Crippen molar-refractivity contribution in [2.75, 3.05) is 5.32 Å². The zero-order chi connectivity index (χ0) is 15.7. The lowest BCUT2D eigenvalue weighted by atomic mass is 9.92. The molecule has 0 saturated heterocycles. The first kappa shape index (κ1) is 14.6. The van der Waals surface area contributed by atoms with E-state index in [1.165, 1.54) is 6.07 Å². The Morgan fingerprint density at radius 3 is 3.05 bits per heavy atom. The van der Waals surface area contributed by atoms with Gasteiger partial charge in [0, 0.05) is 17.5 Å². The van der Waals surface area contributed by atoms with E-state index in [2.05, 4.69) is 25.5 Å². The molecule has 0 bridgehead atoms. The van der Waals surface area contributed by atoms with Gasteiger partial charge in [-0.25, -0.2) is 9.97 Å². The van der Waals surface area contributed by atoms with E-state index < -0.39 is 5.91 Å². The number of hydrogen-bond acceptors (Lipinski definition) is 6. The van der Waals surface area contributed by atoms with Gasteiger partial charge in [0.15, 0.2) is 11.0 Å². The van der Waals surface area contributed by atoms with Crippen LogP contribution in [0.4, 0.5) is 5.82 Å². The number of nitrogens with zero attached hydrogens (tertiary/aromatic N) is 4. The summed E-state index contributed by atoms with van der Waals surface area (Å²) in [5.41, 5.74) is 7.64. The summed E-state index contributed by atoms with van der Waals surface area (Å²) < 4.78 is 0. The molecule has 2 heterocycles. The maximum absolute atomic E-state index is 11.5. The molecular formula is C14H15ClN6O. The predicted molar refractivity (Wildman–Crippen MR) is 81.6 cm³/mol. The van der Waals surface area contributed by atoms with Crippen LogP contribution >= 0.6 is 11.6 Å². The molecule has 0 aromatic carbocycles. The highest BCUT2D eigenvalue weighted by molar-refractivity contribution is 6.29. The van der Waals surface area contributed by atoms with Gasteiger partial charge in [-0.1, -0.05) is 11.6 Å². The molecule has 2 aromatic rings. The van der Waals surface area contributed by atoms with Crippen molar-refractivity contribution in [3.05, 3.63) is 40.1 Å². The van der Waals surface area contributed by atoms with Crippen LogP contribution in [0.5, 0.6) is 0 Å². The second-order valence-corrected chi connectivity index (χ2v) is 5.59. The van der Waals surface area contributed by atoms with Gasteiger partial charge in [-0.2, -0.15) is 0 Å². The number of carbonyl (C=O) groups is 1. The molecule has 7 nitrogen and oxygen atoms in total. The molecule has 0 spiro atoms. The smallest absolute Gasteiger partial charge is 0.252 e. The maximum atomic E-state index is 11.5. The largest absolute Gasteiger partial charge is 0.365 e. The molecular weight excluding hydrogens is 304 g/mol. The molecule has 1 aliphatic rings. The number of primary amides is 1. The van der Waals surface area contributed by atoms with E-state index in [0.717, 1.165) is 36.3 Å². The van der Waals surface area contributed by atoms with Crippen molar-refractivity contribution in [3.8, 4) is 0 Å². The molecule has 1 amide bonds. The Morgan fingerprint density at radius 2 is 2.27 bits per heavy atom. The first-order chi connectivity index (χ1) is 10.5. The number of rotatable bonds is 3. The summed E-state index contributed by atoms with van der Waals surface area (Å²) in [4.78, 5) is 20.3. The highest BCUT2D eigenvalue weighted by atomic mass is 35.5. The van der Waals surface area contributed by atoms with E-state index in [-0.39, 0.29) is 16.8 Å². The fourth-order valence-corrected chi connectivity index (χ4v) is 2.77. The molecule has 3 N–H and O–H groups in total. The third-order valence-corrected chi connectivity index (χ3v) is 3.83. The minimum Gasteiger partial charge on any atom is -0.365 e. The van der Waals surface area contributed by atoms with Gasteiger partial charge >= 0.3 is 0 Å². The molecule has 0 unspecified atom stereocenters. The molecule has 22 heavy (non-hydrogen) atoms. The number of carbonyl (C=O) groups excluding carboxylic acids is 1. The van der Waals surface area contributed by atoms with Crippen LogP contribution in [-0.2, 0) is 6.42 Å². The third kappa shape index (κ3) is 2.85. The monoisotopic (exact) mass is 318 g/mol. The van der Waals surface area contributed by atoms with Crippen molar-refractivity contribution in [3.63, 3.8) is 0 Å². The summed E-state index contributed by atoms with van der Waals surface area (Å²) in [7, 11) is 0. The van der Waals surface area contributed by atoms with Crippen LogP contribution in [0.1, 0.15) is 46.3 Å². The van der Waals surface area contributed by atoms with Crippen molar-refractivity contribution < 1.29 is 4.79 Å². The summed E-state index contributed by atoms with van der Waals surface area (Å²) in [5.74, 6) is 0.481. The number of hydrogen-bond donors (Lipinski definition) is 2. The number of aromatic nitrogens is 4. The van der Waals surface area contributed by atoms with Crippen LogP contribution in [0, 0.1) is 6.92 Å². The average Bonchev–Trinajstić information content (AvgIpc) is 2.48. The van der Waals surface area contributed by atoms with Crippen LogP contribution in [0.3, 0.4) is 0 Å². The second kappa shape index (κ2) is 5.84. The number of nitrogens with two attached hydrogens (primary N) is 1. The number of amides is 1. The highest BCUT2D eigenvalue weighted by Crippen LogP contribution is 2.31. The van der Waals surface area contributed by atoms with Gasteiger partial charge in [0.1, 0.15) is 5.82 Å². The lowest BCUT2D eigenvalue weighted by Gasteiger charge is -2.26. The summed E-state index contributed by atoms with van der Waals surface area (Å²) in [6, 6.07) is 1.38. The van der Waals surface area contributed by atoms with E-state index >= 15 is 0 Å². The molecule has 114 valence electrons. The normalized spacial score (nSPS) is 16.9. The Kier molecular flexibility index (Phi) is 3.89. The minimum atomic E-state index is -0.601. The van der Waals surface area contributed by atoms with Crippen LogP contribution in [0.2, 0.25) is 5.15 Å². The van der Waals surface area contributed by atoms with Crippen molar-refractivity contribution in [2.24, 2.45) is 5.73 Å². The van der Waals surface area contributed by atoms with Crippen LogP contribution in [-0.4, -0.2) is 26.1 Å². The van der Waals surface area contributed by atoms with Gasteiger partial charge in [0.2, 0.25) is 0 Å². The highest BCUT2D eigenvalue weighted by Gasteiger charge is 2.24. The predicted octanol–water partition coefficient (Wildman–Crippen LogP) is 1.82. The van der Waals surface area contributed by atoms with Crippen molar-refractivity contribution in [1.82, 2.24) is 20.2 Å². The topological polar surface area (TPSA) is 107 Å².